The zero-order valence-corrected chi connectivity index (χ0v) is 72.2. The Kier molecular flexibility index (Phi) is 77.9. The molecule has 0 aromatic heterocycles. The summed E-state index contributed by atoms with van der Waals surface area (Å²) >= 11 is 0. The van der Waals surface area contributed by atoms with Crippen LogP contribution in [0.2, 0.25) is 0 Å². The Morgan fingerprint density at radius 3 is 0.636 bits per heavy atom. The topological polar surface area (TPSA) is 237 Å². The van der Waals surface area contributed by atoms with Crippen LogP contribution in [-0.4, -0.2) is 96.7 Å². The van der Waals surface area contributed by atoms with Crippen molar-refractivity contribution in [2.75, 3.05) is 39.6 Å². The maximum absolute atomic E-state index is 13.2. The lowest BCUT2D eigenvalue weighted by atomic mass is 10.0. The molecule has 2 unspecified atom stereocenters. The smallest absolute Gasteiger partial charge is 0.462 e. The second kappa shape index (κ2) is 79.3. The Morgan fingerprint density at radius 1 is 0.252 bits per heavy atom. The highest BCUT2D eigenvalue weighted by molar-refractivity contribution is 7.47. The average molecular weight is 1560 g/mol. The number of aliphatic hydroxyl groups is 1. The predicted octanol–water partition coefficient (Wildman–Crippen LogP) is 27.0. The molecule has 3 N–H and O–H groups in total. The second-order valence-corrected chi connectivity index (χ2v) is 35.5. The van der Waals surface area contributed by atoms with Gasteiger partial charge in [0.05, 0.1) is 26.4 Å². The molecule has 0 saturated heterocycles. The largest absolute Gasteiger partial charge is 0.472 e. The highest BCUT2D eigenvalue weighted by Crippen LogP contribution is 2.45. The molecule has 0 aromatic rings. The number of rotatable bonds is 87. The zero-order chi connectivity index (χ0) is 78.5. The predicted molar refractivity (Wildman–Crippen MR) is 442 cm³/mol. The Labute approximate surface area is 658 Å². The highest BCUT2D eigenvalue weighted by Gasteiger charge is 2.30. The summed E-state index contributed by atoms with van der Waals surface area (Å²) < 4.78 is 68.8. The van der Waals surface area contributed by atoms with Gasteiger partial charge in [0.2, 0.25) is 0 Å². The molecule has 0 radical (unpaired) electrons. The number of carbonyl (C=O) groups excluding carboxylic acids is 4. The third-order valence-corrected chi connectivity index (χ3v) is 22.6. The minimum absolute atomic E-state index is 0.107. The van der Waals surface area contributed by atoms with E-state index >= 15 is 0 Å². The van der Waals surface area contributed by atoms with Gasteiger partial charge in [0.15, 0.2) is 12.2 Å². The van der Waals surface area contributed by atoms with Gasteiger partial charge in [0.1, 0.15) is 19.3 Å². The lowest BCUT2D eigenvalue weighted by Gasteiger charge is -2.21. The number of aliphatic hydroxyl groups excluding tert-OH is 1. The summed E-state index contributed by atoms with van der Waals surface area (Å²) in [7, 11) is -9.92. The van der Waals surface area contributed by atoms with E-state index in [1.807, 2.05) is 0 Å². The van der Waals surface area contributed by atoms with Crippen molar-refractivity contribution in [3.63, 3.8) is 0 Å². The molecule has 0 fully saturated rings. The van der Waals surface area contributed by atoms with Crippen LogP contribution in [0.1, 0.15) is 472 Å². The summed E-state index contributed by atoms with van der Waals surface area (Å²) in [5, 5.41) is 10.7. The van der Waals surface area contributed by atoms with Crippen LogP contribution >= 0.6 is 15.6 Å². The van der Waals surface area contributed by atoms with E-state index in [0.717, 1.165) is 115 Å². The van der Waals surface area contributed by atoms with E-state index in [2.05, 4.69) is 41.5 Å². The first kappa shape index (κ1) is 105. The SMILES string of the molecule is CCCCCCCCCCCCCCCCCCCCCCCCC(=O)O[C@H](COC(=O)CCCCCCCCCCCCCCCCCCCCC(C)C)COP(=O)(O)OC[C@@H](O)COP(=O)(O)OC[C@@H](COC(=O)CCCCCCCCC)OC(=O)CCCCCCCCCCCCCCCCC(C)C. The van der Waals surface area contributed by atoms with E-state index in [-0.39, 0.29) is 25.7 Å². The molecule has 0 aliphatic carbocycles. The fourth-order valence-electron chi connectivity index (χ4n) is 13.8. The lowest BCUT2D eigenvalue weighted by molar-refractivity contribution is -0.161. The van der Waals surface area contributed by atoms with Crippen LogP contribution in [-0.2, 0) is 65.4 Å². The Hall–Kier alpha value is -1.94. The van der Waals surface area contributed by atoms with Crippen molar-refractivity contribution in [2.45, 2.75) is 490 Å². The summed E-state index contributed by atoms with van der Waals surface area (Å²) in [5.41, 5.74) is 0. The van der Waals surface area contributed by atoms with E-state index in [4.69, 9.17) is 37.0 Å². The molecule has 107 heavy (non-hydrogen) atoms. The molecule has 19 heteroatoms. The number of hydrogen-bond acceptors (Lipinski definition) is 15. The van der Waals surface area contributed by atoms with Gasteiger partial charge in [-0.1, -0.05) is 420 Å². The van der Waals surface area contributed by atoms with Crippen molar-refractivity contribution in [1.29, 1.82) is 0 Å². The fourth-order valence-corrected chi connectivity index (χ4v) is 15.4. The third kappa shape index (κ3) is 81.9. The molecule has 17 nitrogen and oxygen atoms in total. The molecular formula is C88H172O17P2. The van der Waals surface area contributed by atoms with Crippen molar-refractivity contribution >= 4 is 39.5 Å². The van der Waals surface area contributed by atoms with E-state index in [1.54, 1.807) is 0 Å². The van der Waals surface area contributed by atoms with Gasteiger partial charge in [-0.25, -0.2) is 9.13 Å². The van der Waals surface area contributed by atoms with Gasteiger partial charge in [0, 0.05) is 25.7 Å². The summed E-state index contributed by atoms with van der Waals surface area (Å²) in [6, 6.07) is 0. The Balaban J connectivity index is 5.15. The van der Waals surface area contributed by atoms with E-state index in [9.17, 15) is 43.2 Å². The summed E-state index contributed by atoms with van der Waals surface area (Å²) in [4.78, 5) is 73.1. The number of ether oxygens (including phenoxy) is 4. The average Bonchev–Trinajstić information content (AvgIpc) is 0.913. The van der Waals surface area contributed by atoms with Gasteiger partial charge in [-0.05, 0) is 37.5 Å². The molecule has 0 saturated carbocycles. The van der Waals surface area contributed by atoms with Crippen LogP contribution in [0, 0.1) is 11.8 Å². The molecule has 0 aliphatic rings. The lowest BCUT2D eigenvalue weighted by Crippen LogP contribution is -2.30. The van der Waals surface area contributed by atoms with E-state index in [1.165, 1.54) is 276 Å². The molecule has 0 rings (SSSR count). The maximum atomic E-state index is 13.2. The highest BCUT2D eigenvalue weighted by atomic mass is 31.2. The molecule has 0 aromatic carbocycles. The van der Waals surface area contributed by atoms with Crippen LogP contribution in [0.5, 0.6) is 0 Å². The number of carbonyl (C=O) groups is 4. The number of esters is 4. The molecule has 0 spiro atoms. The van der Waals surface area contributed by atoms with Gasteiger partial charge >= 0.3 is 39.5 Å². The van der Waals surface area contributed by atoms with Gasteiger partial charge in [-0.2, -0.15) is 0 Å². The molecule has 0 bridgehead atoms. The van der Waals surface area contributed by atoms with Gasteiger partial charge < -0.3 is 33.8 Å². The van der Waals surface area contributed by atoms with E-state index in [0.29, 0.717) is 25.7 Å². The van der Waals surface area contributed by atoms with Gasteiger partial charge in [0.25, 0.3) is 0 Å². The quantitative estimate of drug-likeness (QED) is 0.0222. The second-order valence-electron chi connectivity index (χ2n) is 32.6. The number of unbranched alkanes of at least 4 members (excludes halogenated alkanes) is 57. The molecule has 636 valence electrons. The molecule has 5 atom stereocenters. The van der Waals surface area contributed by atoms with Crippen LogP contribution in [0.15, 0.2) is 0 Å². The number of hydrogen-bond donors (Lipinski definition) is 3. The van der Waals surface area contributed by atoms with Crippen LogP contribution in [0.4, 0.5) is 0 Å². The molecular weight excluding hydrogens is 1390 g/mol. The fraction of sp³-hybridized carbons (Fsp3) is 0.955. The summed E-state index contributed by atoms with van der Waals surface area (Å²) in [6.07, 6.45) is 72.6. The molecule has 0 heterocycles. The minimum Gasteiger partial charge on any atom is -0.462 e. The van der Waals surface area contributed by atoms with Gasteiger partial charge in [-0.3, -0.25) is 37.3 Å². The first-order valence-corrected chi connectivity index (χ1v) is 48.5. The zero-order valence-electron chi connectivity index (χ0n) is 70.5. The minimum atomic E-state index is -4.97. The number of phosphoric ester groups is 2. The van der Waals surface area contributed by atoms with Gasteiger partial charge in [-0.15, -0.1) is 0 Å². The van der Waals surface area contributed by atoms with Crippen LogP contribution in [0.3, 0.4) is 0 Å². The summed E-state index contributed by atoms with van der Waals surface area (Å²) in [5.74, 6) is -0.487. The maximum Gasteiger partial charge on any atom is 0.472 e. The Morgan fingerprint density at radius 2 is 0.430 bits per heavy atom. The summed E-state index contributed by atoms with van der Waals surface area (Å²) in [6.45, 7) is 9.69. The van der Waals surface area contributed by atoms with Crippen molar-refractivity contribution in [2.24, 2.45) is 11.8 Å². The first-order valence-electron chi connectivity index (χ1n) is 45.5. The third-order valence-electron chi connectivity index (χ3n) is 20.7. The normalized spacial score (nSPS) is 13.8. The van der Waals surface area contributed by atoms with Crippen molar-refractivity contribution in [3.8, 4) is 0 Å². The Bertz CT molecular complexity index is 2050. The molecule has 0 amide bonds. The van der Waals surface area contributed by atoms with Crippen molar-refractivity contribution in [1.82, 2.24) is 0 Å². The molecule has 0 aliphatic heterocycles. The van der Waals surface area contributed by atoms with Crippen molar-refractivity contribution in [3.05, 3.63) is 0 Å². The standard InChI is InChI=1S/C88H172O17P2/c1-7-9-11-13-15-16-17-18-19-20-21-22-23-24-29-32-38-43-48-54-60-66-73-88(93)105-84(77-99-86(91)71-65-59-53-47-42-37-31-28-26-25-27-30-35-40-45-51-56-62-68-80(3)4)79-103-107(96,97)101-75-82(89)74-100-106(94,95)102-78-83(76-98-85(90)70-64-58-50-14-12-10-8-2)104-87(92)72-67-61-55-49-44-39-34-33-36-41-46-52-57-63-69-81(5)6/h80-84,89H,7-79H2,1-6H3,(H,94,95)(H,96,97)/t82-,83+,84+/m0/s1. The van der Waals surface area contributed by atoms with Crippen LogP contribution in [0.25, 0.3) is 0 Å². The van der Waals surface area contributed by atoms with E-state index < -0.39 is 97.5 Å². The van der Waals surface area contributed by atoms with Crippen LogP contribution < -0.4 is 0 Å². The first-order chi connectivity index (χ1) is 51.9. The number of phosphoric acid groups is 2. The monoisotopic (exact) mass is 1560 g/mol. The van der Waals surface area contributed by atoms with Crippen molar-refractivity contribution < 1.29 is 80.2 Å².